The van der Waals surface area contributed by atoms with E-state index in [1.807, 2.05) is 42.7 Å². The first-order chi connectivity index (χ1) is 20.2. The summed E-state index contributed by atoms with van der Waals surface area (Å²) in [6, 6.07) is 13.6. The summed E-state index contributed by atoms with van der Waals surface area (Å²) in [6.45, 7) is 5.67. The second kappa shape index (κ2) is 13.0. The lowest BCUT2D eigenvalue weighted by atomic mass is 10.0. The summed E-state index contributed by atoms with van der Waals surface area (Å²) < 4.78 is 40.0. The van der Waals surface area contributed by atoms with E-state index in [1.165, 1.54) is 12.1 Å². The molecule has 0 bridgehead atoms. The maximum Gasteiger partial charge on any atom is 0.416 e. The average Bonchev–Trinajstić information content (AvgIpc) is 3.28. The molecule has 226 valence electrons. The molecule has 3 amide bonds. The van der Waals surface area contributed by atoms with Gasteiger partial charge in [0.05, 0.1) is 23.2 Å². The normalized spacial score (nSPS) is 15.1. The molecule has 0 aromatic heterocycles. The second-order valence-electron chi connectivity index (χ2n) is 10.7. The molecule has 1 heterocycles. The molecule has 0 saturated heterocycles. The van der Waals surface area contributed by atoms with Crippen molar-refractivity contribution < 1.29 is 27.6 Å². The SMILES string of the molecule is CSCC(C)(C)NC(=O)c1c(I)cccc1C(=O)Nc1ccc(CN2N=NC(c3cccc(C(F)(F)F)c3)C2=O)cc1C. The summed E-state index contributed by atoms with van der Waals surface area (Å²) in [5, 5.41) is 14.8. The lowest BCUT2D eigenvalue weighted by molar-refractivity contribution is -0.138. The largest absolute Gasteiger partial charge is 0.416 e. The van der Waals surface area contributed by atoms with Gasteiger partial charge in [0.15, 0.2) is 6.04 Å². The molecule has 43 heavy (non-hydrogen) atoms. The van der Waals surface area contributed by atoms with E-state index in [0.717, 1.165) is 17.1 Å². The van der Waals surface area contributed by atoms with Gasteiger partial charge in [-0.25, -0.2) is 5.01 Å². The molecular formula is C30H29F3IN5O3S. The van der Waals surface area contributed by atoms with Crippen LogP contribution in [0.25, 0.3) is 0 Å². The summed E-state index contributed by atoms with van der Waals surface area (Å²) in [5.74, 6) is -0.630. The van der Waals surface area contributed by atoms with Crippen molar-refractivity contribution in [3.8, 4) is 0 Å². The number of nitrogens with zero attached hydrogens (tertiary/aromatic N) is 3. The smallest absolute Gasteiger partial charge is 0.346 e. The van der Waals surface area contributed by atoms with Crippen molar-refractivity contribution in [3.63, 3.8) is 0 Å². The van der Waals surface area contributed by atoms with Gasteiger partial charge in [-0.3, -0.25) is 14.4 Å². The standard InChI is InChI=1S/C30H29F3IN5O3S/c1-17-13-18(15-39-28(42)25(37-38-39)19-7-5-8-20(14-19)30(31,32)33)11-12-23(17)35-26(40)21-9-6-10-22(34)24(21)27(41)36-29(2,3)16-43-4/h5-14,25H,15-16H2,1-4H3,(H,35,40)(H,36,41). The van der Waals surface area contributed by atoms with Gasteiger partial charge in [0, 0.05) is 20.5 Å². The minimum Gasteiger partial charge on any atom is -0.346 e. The second-order valence-corrected chi connectivity index (χ2v) is 12.7. The van der Waals surface area contributed by atoms with E-state index in [0.29, 0.717) is 26.1 Å². The number of amides is 3. The lowest BCUT2D eigenvalue weighted by Gasteiger charge is -2.26. The molecule has 1 aliphatic heterocycles. The molecule has 13 heteroatoms. The maximum absolute atomic E-state index is 13.3. The Labute approximate surface area is 265 Å². The Morgan fingerprint density at radius 3 is 2.44 bits per heavy atom. The highest BCUT2D eigenvalue weighted by Crippen LogP contribution is 2.34. The first kappa shape index (κ1) is 32.5. The zero-order valence-corrected chi connectivity index (χ0v) is 26.7. The molecule has 3 aromatic rings. The highest BCUT2D eigenvalue weighted by Gasteiger charge is 2.35. The number of anilines is 1. The fraction of sp³-hybridized carbons (Fsp3) is 0.300. The van der Waals surface area contributed by atoms with Crippen LogP contribution in [0, 0.1) is 10.5 Å². The number of benzene rings is 3. The van der Waals surface area contributed by atoms with Gasteiger partial charge in [-0.15, -0.1) is 0 Å². The number of hydrogen-bond donors (Lipinski definition) is 2. The molecule has 1 unspecified atom stereocenters. The van der Waals surface area contributed by atoms with Gasteiger partial charge in [0.25, 0.3) is 17.7 Å². The highest BCUT2D eigenvalue weighted by atomic mass is 127. The molecule has 4 rings (SSSR count). The summed E-state index contributed by atoms with van der Waals surface area (Å²) in [5.41, 5.74) is 1.18. The zero-order chi connectivity index (χ0) is 31.5. The van der Waals surface area contributed by atoms with Gasteiger partial charge in [-0.2, -0.15) is 30.0 Å². The van der Waals surface area contributed by atoms with Crippen molar-refractivity contribution in [1.82, 2.24) is 10.3 Å². The van der Waals surface area contributed by atoms with Crippen LogP contribution in [0.1, 0.15) is 62.9 Å². The van der Waals surface area contributed by atoms with Gasteiger partial charge in [-0.05, 0) is 96.6 Å². The molecule has 0 radical (unpaired) electrons. The van der Waals surface area contributed by atoms with Crippen molar-refractivity contribution in [2.45, 2.75) is 45.1 Å². The van der Waals surface area contributed by atoms with Gasteiger partial charge in [0.1, 0.15) is 0 Å². The van der Waals surface area contributed by atoms with Crippen molar-refractivity contribution in [1.29, 1.82) is 0 Å². The maximum atomic E-state index is 13.3. The van der Waals surface area contributed by atoms with E-state index >= 15 is 0 Å². The number of thioether (sulfide) groups is 1. The first-order valence-electron chi connectivity index (χ1n) is 13.1. The van der Waals surface area contributed by atoms with Crippen LogP contribution in [-0.4, -0.2) is 40.3 Å². The Kier molecular flexibility index (Phi) is 9.84. The van der Waals surface area contributed by atoms with E-state index in [9.17, 15) is 27.6 Å². The highest BCUT2D eigenvalue weighted by molar-refractivity contribution is 14.1. The monoisotopic (exact) mass is 723 g/mol. The fourth-order valence-electron chi connectivity index (χ4n) is 4.59. The summed E-state index contributed by atoms with van der Waals surface area (Å²) in [4.78, 5) is 39.5. The quantitative estimate of drug-likeness (QED) is 0.228. The molecule has 0 spiro atoms. The van der Waals surface area contributed by atoms with Crippen molar-refractivity contribution in [2.75, 3.05) is 17.3 Å². The third-order valence-electron chi connectivity index (χ3n) is 6.61. The molecule has 2 N–H and O–H groups in total. The molecular weight excluding hydrogens is 694 g/mol. The van der Waals surface area contributed by atoms with Gasteiger partial charge < -0.3 is 10.6 Å². The Hall–Kier alpha value is -3.46. The Bertz CT molecular complexity index is 1600. The number of nitrogens with one attached hydrogen (secondary N) is 2. The third kappa shape index (κ3) is 7.74. The van der Waals surface area contributed by atoms with Crippen molar-refractivity contribution >= 4 is 57.8 Å². The van der Waals surface area contributed by atoms with Crippen LogP contribution in [0.3, 0.4) is 0 Å². The van der Waals surface area contributed by atoms with Crippen LogP contribution in [0.4, 0.5) is 18.9 Å². The Morgan fingerprint density at radius 1 is 1.05 bits per heavy atom. The number of hydrogen-bond acceptors (Lipinski definition) is 6. The minimum absolute atomic E-state index is 0.0416. The van der Waals surface area contributed by atoms with Crippen LogP contribution >= 0.6 is 34.4 Å². The van der Waals surface area contributed by atoms with Gasteiger partial charge >= 0.3 is 6.18 Å². The number of halogens is 4. The van der Waals surface area contributed by atoms with Crippen LogP contribution in [-0.2, 0) is 17.5 Å². The minimum atomic E-state index is -4.54. The van der Waals surface area contributed by atoms with E-state index in [4.69, 9.17) is 0 Å². The van der Waals surface area contributed by atoms with Crippen LogP contribution < -0.4 is 10.6 Å². The van der Waals surface area contributed by atoms with Crippen LogP contribution in [0.5, 0.6) is 0 Å². The number of rotatable bonds is 9. The third-order valence-corrected chi connectivity index (χ3v) is 8.52. The Morgan fingerprint density at radius 2 is 1.77 bits per heavy atom. The van der Waals surface area contributed by atoms with Crippen molar-refractivity contribution in [2.24, 2.45) is 10.3 Å². The van der Waals surface area contributed by atoms with Crippen LogP contribution in [0.2, 0.25) is 0 Å². The first-order valence-corrected chi connectivity index (χ1v) is 15.6. The molecule has 0 saturated carbocycles. The lowest BCUT2D eigenvalue weighted by Crippen LogP contribution is -2.46. The summed E-state index contributed by atoms with van der Waals surface area (Å²) >= 11 is 3.65. The molecule has 0 fully saturated rings. The molecule has 8 nitrogen and oxygen atoms in total. The van der Waals surface area contributed by atoms with Crippen molar-refractivity contribution in [3.05, 3.63) is 97.6 Å². The van der Waals surface area contributed by atoms with E-state index in [2.05, 4.69) is 21.0 Å². The van der Waals surface area contributed by atoms with E-state index in [-0.39, 0.29) is 29.1 Å². The topological polar surface area (TPSA) is 103 Å². The molecule has 1 aliphatic rings. The number of aryl methyl sites for hydroxylation is 1. The summed E-state index contributed by atoms with van der Waals surface area (Å²) in [6.07, 6.45) is -2.59. The molecule has 0 aliphatic carbocycles. The van der Waals surface area contributed by atoms with Gasteiger partial charge in [-0.1, -0.05) is 35.6 Å². The average molecular weight is 724 g/mol. The number of carbonyl (C=O) groups is 3. The van der Waals surface area contributed by atoms with E-state index < -0.39 is 35.1 Å². The van der Waals surface area contributed by atoms with Gasteiger partial charge in [0.2, 0.25) is 0 Å². The predicted molar refractivity (Wildman–Crippen MR) is 168 cm³/mol. The number of alkyl halides is 3. The van der Waals surface area contributed by atoms with Crippen LogP contribution in [0.15, 0.2) is 71.0 Å². The predicted octanol–water partition coefficient (Wildman–Crippen LogP) is 7.19. The zero-order valence-electron chi connectivity index (χ0n) is 23.8. The fourth-order valence-corrected chi connectivity index (χ4v) is 6.13. The molecule has 1 atom stereocenters. The number of carbonyl (C=O) groups excluding carboxylic acids is 3. The summed E-state index contributed by atoms with van der Waals surface area (Å²) in [7, 11) is 0. The Balaban J connectivity index is 1.46. The van der Waals surface area contributed by atoms with E-state index in [1.54, 1.807) is 55.1 Å². The molecule has 3 aromatic carbocycles.